The van der Waals surface area contributed by atoms with Crippen LogP contribution in [0.25, 0.3) is 11.2 Å². The molecule has 2 N–H and O–H groups in total. The monoisotopic (exact) mass is 345 g/mol. The number of hydrogen-bond acceptors (Lipinski definition) is 6. The summed E-state index contributed by atoms with van der Waals surface area (Å²) in [6.45, 7) is -0.895. The number of rotatable bonds is 6. The third kappa shape index (κ3) is 3.35. The number of alkyl halides is 1. The number of halogens is 1. The Kier molecular flexibility index (Phi) is 4.73. The quantitative estimate of drug-likeness (QED) is 0.654. The number of carbonyl (C=O) groups is 1. The van der Waals surface area contributed by atoms with E-state index >= 15 is 0 Å². The van der Waals surface area contributed by atoms with Crippen LogP contribution in [-0.4, -0.2) is 45.8 Å². The summed E-state index contributed by atoms with van der Waals surface area (Å²) in [6, 6.07) is 9.36. The highest BCUT2D eigenvalue weighted by molar-refractivity contribution is 5.91. The van der Waals surface area contributed by atoms with Gasteiger partial charge in [0, 0.05) is 7.05 Å². The van der Waals surface area contributed by atoms with Gasteiger partial charge < -0.3 is 15.0 Å². The van der Waals surface area contributed by atoms with E-state index in [0.29, 0.717) is 5.52 Å². The first-order valence-corrected chi connectivity index (χ1v) is 7.59. The van der Waals surface area contributed by atoms with E-state index < -0.39 is 12.6 Å². The molecule has 8 nitrogen and oxygen atoms in total. The van der Waals surface area contributed by atoms with E-state index in [2.05, 4.69) is 20.3 Å². The van der Waals surface area contributed by atoms with Crippen LogP contribution in [0.5, 0.6) is 0 Å². The van der Waals surface area contributed by atoms with Crippen molar-refractivity contribution in [2.45, 2.75) is 6.54 Å². The van der Waals surface area contributed by atoms with Crippen molar-refractivity contribution in [3.8, 4) is 0 Å². The highest BCUT2D eigenvalue weighted by atomic mass is 19.1. The zero-order valence-corrected chi connectivity index (χ0v) is 13.5. The molecule has 0 atom stereocenters. The smallest absolute Gasteiger partial charge is 0.376 e. The van der Waals surface area contributed by atoms with Crippen LogP contribution in [-0.2, 0) is 11.3 Å². The summed E-state index contributed by atoms with van der Waals surface area (Å²) in [5.74, 6) is -0.816. The fraction of sp³-hybridized carbons (Fsp3) is 0.250. The molecule has 3 aromatic rings. The highest BCUT2D eigenvalue weighted by Gasteiger charge is 2.19. The number of carbonyl (C=O) groups excluding carboxylic acids is 1. The Morgan fingerprint density at radius 2 is 2.08 bits per heavy atom. The van der Waals surface area contributed by atoms with Crippen LogP contribution in [0, 0.1) is 0 Å². The molecule has 0 amide bonds. The zero-order chi connectivity index (χ0) is 17.8. The molecule has 2 aromatic heterocycles. The second-order valence-electron chi connectivity index (χ2n) is 5.17. The first-order chi connectivity index (χ1) is 12.1. The largest absolute Gasteiger partial charge is 0.457 e. The van der Waals surface area contributed by atoms with Crippen molar-refractivity contribution in [3.05, 3.63) is 52.2 Å². The molecule has 0 spiro atoms. The van der Waals surface area contributed by atoms with Crippen molar-refractivity contribution >= 4 is 23.0 Å². The number of imidazole rings is 1. The van der Waals surface area contributed by atoms with Gasteiger partial charge in [0.1, 0.15) is 18.8 Å². The predicted octanol–water partition coefficient (Wildman–Crippen LogP) is 1.34. The number of nitrogens with one attached hydrogen (secondary N) is 2. The molecule has 0 saturated carbocycles. The van der Waals surface area contributed by atoms with Gasteiger partial charge in [-0.05, 0) is 5.56 Å². The molecule has 9 heteroatoms. The van der Waals surface area contributed by atoms with Crippen molar-refractivity contribution in [1.82, 2.24) is 19.5 Å². The number of anilines is 1. The van der Waals surface area contributed by atoms with Gasteiger partial charge in [-0.2, -0.15) is 0 Å². The second kappa shape index (κ2) is 7.12. The molecule has 0 aliphatic rings. The Hall–Kier alpha value is -3.23. The van der Waals surface area contributed by atoms with Crippen LogP contribution < -0.4 is 11.0 Å². The van der Waals surface area contributed by atoms with Crippen LogP contribution in [0.15, 0.2) is 35.1 Å². The average Bonchev–Trinajstić information content (AvgIpc) is 2.95. The summed E-state index contributed by atoms with van der Waals surface area (Å²) < 4.78 is 18.3. The molecule has 0 bridgehead atoms. The summed E-state index contributed by atoms with van der Waals surface area (Å²) in [5, 5.41) is 2.81. The fourth-order valence-electron chi connectivity index (χ4n) is 2.41. The van der Waals surface area contributed by atoms with E-state index in [1.165, 1.54) is 4.57 Å². The number of nitrogens with zero attached hydrogens (tertiary/aromatic N) is 3. The van der Waals surface area contributed by atoms with E-state index in [-0.39, 0.29) is 36.1 Å². The van der Waals surface area contributed by atoms with E-state index in [4.69, 9.17) is 4.74 Å². The Morgan fingerprint density at radius 3 is 2.76 bits per heavy atom. The minimum atomic E-state index is -0.851. The standard InChI is InChI=1S/C16H16FN5O3/c1-18-12-11-14(21-13(20-12)15(23)25-8-7-17)22(16(24)19-11)9-10-5-3-2-4-6-10/h2-6H,7-9H2,1H3,(H,19,24)(H,18,20,21). The summed E-state index contributed by atoms with van der Waals surface area (Å²) in [7, 11) is 1.60. The van der Waals surface area contributed by atoms with Gasteiger partial charge in [0.25, 0.3) is 0 Å². The van der Waals surface area contributed by atoms with Gasteiger partial charge in [0.2, 0.25) is 5.82 Å². The number of esters is 1. The molecule has 3 rings (SSSR count). The van der Waals surface area contributed by atoms with Crippen LogP contribution in [0.1, 0.15) is 16.2 Å². The number of hydrogen-bond donors (Lipinski definition) is 2. The number of aromatic nitrogens is 4. The lowest BCUT2D eigenvalue weighted by Gasteiger charge is -2.07. The Labute approximate surface area is 141 Å². The van der Waals surface area contributed by atoms with Crippen LogP contribution in [0.3, 0.4) is 0 Å². The summed E-state index contributed by atoms with van der Waals surface area (Å²) in [4.78, 5) is 35.1. The normalized spacial score (nSPS) is 10.8. The van der Waals surface area contributed by atoms with E-state index in [0.717, 1.165) is 5.56 Å². The Balaban J connectivity index is 2.09. The Morgan fingerprint density at radius 1 is 1.32 bits per heavy atom. The minimum absolute atomic E-state index is 0.244. The van der Waals surface area contributed by atoms with Crippen LogP contribution in [0.4, 0.5) is 10.2 Å². The predicted molar refractivity (Wildman–Crippen MR) is 89.5 cm³/mol. The lowest BCUT2D eigenvalue weighted by atomic mass is 10.2. The first-order valence-electron chi connectivity index (χ1n) is 7.59. The second-order valence-corrected chi connectivity index (χ2v) is 5.17. The molecule has 25 heavy (non-hydrogen) atoms. The van der Waals surface area contributed by atoms with Crippen molar-refractivity contribution < 1.29 is 13.9 Å². The molecule has 0 radical (unpaired) electrons. The first kappa shape index (κ1) is 16.6. The number of aromatic amines is 1. The lowest BCUT2D eigenvalue weighted by molar-refractivity contribution is 0.0467. The molecule has 0 aliphatic carbocycles. The Bertz CT molecular complexity index is 952. The van der Waals surface area contributed by atoms with Gasteiger partial charge in [0.05, 0.1) is 6.54 Å². The van der Waals surface area contributed by atoms with Gasteiger partial charge in [-0.3, -0.25) is 4.57 Å². The molecule has 0 aliphatic heterocycles. The summed E-state index contributed by atoms with van der Waals surface area (Å²) in [5.41, 5.74) is 1.17. The summed E-state index contributed by atoms with van der Waals surface area (Å²) in [6.07, 6.45) is 0. The zero-order valence-electron chi connectivity index (χ0n) is 13.5. The van der Waals surface area contributed by atoms with Crippen LogP contribution in [0.2, 0.25) is 0 Å². The van der Waals surface area contributed by atoms with Crippen LogP contribution >= 0.6 is 0 Å². The third-order valence-corrected chi connectivity index (χ3v) is 3.54. The molecule has 0 saturated heterocycles. The SMILES string of the molecule is CNc1nc(C(=O)OCCF)nc2c1[nH]c(=O)n2Cc1ccccc1. The van der Waals surface area contributed by atoms with E-state index in [1.807, 2.05) is 30.3 Å². The maximum absolute atomic E-state index is 12.3. The molecule has 0 unspecified atom stereocenters. The fourth-order valence-corrected chi connectivity index (χ4v) is 2.41. The highest BCUT2D eigenvalue weighted by Crippen LogP contribution is 2.18. The van der Waals surface area contributed by atoms with Gasteiger partial charge in [-0.25, -0.2) is 23.9 Å². The molecule has 130 valence electrons. The number of ether oxygens (including phenoxy) is 1. The maximum Gasteiger partial charge on any atom is 0.376 e. The topological polar surface area (TPSA) is 102 Å². The number of fused-ring (bicyclic) bond motifs is 1. The minimum Gasteiger partial charge on any atom is -0.457 e. The molecular weight excluding hydrogens is 329 g/mol. The third-order valence-electron chi connectivity index (χ3n) is 3.54. The van der Waals surface area contributed by atoms with Crippen molar-refractivity contribution in [2.24, 2.45) is 0 Å². The average molecular weight is 345 g/mol. The molecule has 2 heterocycles. The maximum atomic E-state index is 12.3. The van der Waals surface area contributed by atoms with Crippen molar-refractivity contribution in [2.75, 3.05) is 25.6 Å². The van der Waals surface area contributed by atoms with E-state index in [9.17, 15) is 14.0 Å². The van der Waals surface area contributed by atoms with Gasteiger partial charge in [-0.1, -0.05) is 30.3 Å². The molecule has 1 aromatic carbocycles. The van der Waals surface area contributed by atoms with E-state index in [1.54, 1.807) is 7.05 Å². The number of benzene rings is 1. The lowest BCUT2D eigenvalue weighted by Crippen LogP contribution is -2.18. The van der Waals surface area contributed by atoms with Crippen molar-refractivity contribution in [1.29, 1.82) is 0 Å². The molecular formula is C16H16FN5O3. The van der Waals surface area contributed by atoms with Gasteiger partial charge in [-0.15, -0.1) is 0 Å². The summed E-state index contributed by atoms with van der Waals surface area (Å²) >= 11 is 0. The number of H-pyrrole nitrogens is 1. The molecule has 0 fully saturated rings. The van der Waals surface area contributed by atoms with Gasteiger partial charge >= 0.3 is 11.7 Å². The van der Waals surface area contributed by atoms with Crippen molar-refractivity contribution in [3.63, 3.8) is 0 Å². The van der Waals surface area contributed by atoms with Gasteiger partial charge in [0.15, 0.2) is 11.5 Å².